The van der Waals surface area contributed by atoms with E-state index in [4.69, 9.17) is 4.98 Å². The average Bonchev–Trinajstić information content (AvgIpc) is 2.60. The van der Waals surface area contributed by atoms with E-state index in [9.17, 15) is 4.79 Å². The summed E-state index contributed by atoms with van der Waals surface area (Å²) in [7, 11) is 0. The van der Waals surface area contributed by atoms with Crippen molar-refractivity contribution >= 4 is 5.91 Å². The topological polar surface area (TPSA) is 33.2 Å². The summed E-state index contributed by atoms with van der Waals surface area (Å²) in [6, 6.07) is 13.1. The SMILES string of the molecule is Cc1cccc(Cc2cc(C)nc([C@H]3CCCN(C(=O)C(C)C)C3)c2)c1. The lowest BCUT2D eigenvalue weighted by atomic mass is 9.91. The van der Waals surface area contributed by atoms with Gasteiger partial charge in [-0.1, -0.05) is 43.7 Å². The summed E-state index contributed by atoms with van der Waals surface area (Å²) in [5.41, 5.74) is 6.15. The zero-order valence-corrected chi connectivity index (χ0v) is 16.5. The van der Waals surface area contributed by atoms with Gasteiger partial charge < -0.3 is 4.90 Å². The number of carbonyl (C=O) groups is 1. The Morgan fingerprint density at radius 3 is 2.73 bits per heavy atom. The number of pyridine rings is 1. The Balaban J connectivity index is 1.79. The first kappa shape index (κ1) is 18.6. The molecule has 2 heterocycles. The van der Waals surface area contributed by atoms with Crippen molar-refractivity contribution < 1.29 is 4.79 Å². The van der Waals surface area contributed by atoms with Crippen LogP contribution in [0.3, 0.4) is 0 Å². The van der Waals surface area contributed by atoms with Crippen LogP contribution in [0.4, 0.5) is 0 Å². The Labute approximate surface area is 157 Å². The molecule has 3 nitrogen and oxygen atoms in total. The number of aromatic nitrogens is 1. The molecule has 138 valence electrons. The first-order chi connectivity index (χ1) is 12.4. The predicted molar refractivity (Wildman–Crippen MR) is 106 cm³/mol. The van der Waals surface area contributed by atoms with Gasteiger partial charge in [0.05, 0.1) is 0 Å². The van der Waals surface area contributed by atoms with Crippen LogP contribution in [-0.4, -0.2) is 28.9 Å². The van der Waals surface area contributed by atoms with Gasteiger partial charge in [0.2, 0.25) is 5.91 Å². The van der Waals surface area contributed by atoms with Crippen molar-refractivity contribution in [1.29, 1.82) is 0 Å². The number of piperidine rings is 1. The molecule has 2 aromatic rings. The molecule has 0 aliphatic carbocycles. The van der Waals surface area contributed by atoms with Crippen molar-refractivity contribution in [3.63, 3.8) is 0 Å². The molecule has 3 rings (SSSR count). The Hall–Kier alpha value is -2.16. The molecule has 1 aromatic heterocycles. The zero-order chi connectivity index (χ0) is 18.7. The molecule has 1 aliphatic rings. The van der Waals surface area contributed by atoms with Crippen LogP contribution in [0, 0.1) is 19.8 Å². The number of rotatable bonds is 4. The Bertz CT molecular complexity index is 782. The van der Waals surface area contributed by atoms with Gasteiger partial charge in [0.1, 0.15) is 0 Å². The Morgan fingerprint density at radius 2 is 2.00 bits per heavy atom. The second-order valence-electron chi connectivity index (χ2n) is 7.99. The molecule has 0 N–H and O–H groups in total. The maximum atomic E-state index is 12.4. The first-order valence-corrected chi connectivity index (χ1v) is 9.74. The van der Waals surface area contributed by atoms with Crippen molar-refractivity contribution in [3.05, 3.63) is 64.5 Å². The fourth-order valence-electron chi connectivity index (χ4n) is 3.92. The van der Waals surface area contributed by atoms with Crippen LogP contribution in [0.1, 0.15) is 60.7 Å². The van der Waals surface area contributed by atoms with Crippen LogP contribution in [0.2, 0.25) is 0 Å². The van der Waals surface area contributed by atoms with Gasteiger partial charge in [-0.15, -0.1) is 0 Å². The van der Waals surface area contributed by atoms with Crippen LogP contribution >= 0.6 is 0 Å². The largest absolute Gasteiger partial charge is 0.342 e. The first-order valence-electron chi connectivity index (χ1n) is 9.74. The molecule has 1 fully saturated rings. The molecule has 1 aromatic carbocycles. The van der Waals surface area contributed by atoms with Gasteiger partial charge >= 0.3 is 0 Å². The number of likely N-dealkylation sites (tertiary alicyclic amines) is 1. The third-order valence-electron chi connectivity index (χ3n) is 5.17. The molecule has 26 heavy (non-hydrogen) atoms. The van der Waals surface area contributed by atoms with Crippen LogP contribution < -0.4 is 0 Å². The molecule has 0 unspecified atom stereocenters. The van der Waals surface area contributed by atoms with E-state index in [1.54, 1.807) is 0 Å². The van der Waals surface area contributed by atoms with Crippen LogP contribution in [0.15, 0.2) is 36.4 Å². The highest BCUT2D eigenvalue weighted by Crippen LogP contribution is 2.28. The predicted octanol–water partition coefficient (Wildman–Crippen LogP) is 4.65. The molecular formula is C23H30N2O. The van der Waals surface area contributed by atoms with Gasteiger partial charge in [-0.3, -0.25) is 9.78 Å². The van der Waals surface area contributed by atoms with Gasteiger partial charge in [-0.25, -0.2) is 0 Å². The fourth-order valence-corrected chi connectivity index (χ4v) is 3.92. The van der Waals surface area contributed by atoms with Crippen molar-refractivity contribution in [2.24, 2.45) is 5.92 Å². The smallest absolute Gasteiger partial charge is 0.225 e. The molecule has 0 saturated carbocycles. The van der Waals surface area contributed by atoms with Crippen molar-refractivity contribution in [3.8, 4) is 0 Å². The lowest BCUT2D eigenvalue weighted by Gasteiger charge is -2.34. The normalized spacial score (nSPS) is 17.6. The number of carbonyl (C=O) groups excluding carboxylic acids is 1. The van der Waals surface area contributed by atoms with E-state index in [1.165, 1.54) is 16.7 Å². The summed E-state index contributed by atoms with van der Waals surface area (Å²) >= 11 is 0. The minimum atomic E-state index is 0.0658. The highest BCUT2D eigenvalue weighted by Gasteiger charge is 2.27. The summed E-state index contributed by atoms with van der Waals surface area (Å²) in [4.78, 5) is 19.2. The van der Waals surface area contributed by atoms with Gasteiger partial charge in [0.25, 0.3) is 0 Å². The second kappa shape index (κ2) is 8.03. The molecule has 0 spiro atoms. The van der Waals surface area contributed by atoms with Crippen molar-refractivity contribution in [1.82, 2.24) is 9.88 Å². The highest BCUT2D eigenvalue weighted by molar-refractivity contribution is 5.78. The highest BCUT2D eigenvalue weighted by atomic mass is 16.2. The van der Waals surface area contributed by atoms with Crippen LogP contribution in [0.25, 0.3) is 0 Å². The molecule has 1 atom stereocenters. The minimum absolute atomic E-state index is 0.0658. The summed E-state index contributed by atoms with van der Waals surface area (Å²) in [6.07, 6.45) is 3.10. The van der Waals surface area contributed by atoms with Crippen molar-refractivity contribution in [2.45, 2.75) is 52.9 Å². The van der Waals surface area contributed by atoms with E-state index in [2.05, 4.69) is 50.2 Å². The number of benzene rings is 1. The standard InChI is InChI=1S/C23H30N2O/c1-16(2)23(26)25-10-6-9-21(15-25)22-14-20(12-18(4)24-22)13-19-8-5-7-17(3)11-19/h5,7-8,11-12,14,16,21H,6,9-10,13,15H2,1-4H3/t21-/m0/s1. The van der Waals surface area contributed by atoms with E-state index >= 15 is 0 Å². The number of nitrogens with zero attached hydrogens (tertiary/aromatic N) is 2. The fraction of sp³-hybridized carbons (Fsp3) is 0.478. The Morgan fingerprint density at radius 1 is 1.19 bits per heavy atom. The molecule has 3 heteroatoms. The van der Waals surface area contributed by atoms with E-state index in [1.807, 2.05) is 18.7 Å². The maximum absolute atomic E-state index is 12.4. The summed E-state index contributed by atoms with van der Waals surface area (Å²) in [5, 5.41) is 0. The van der Waals surface area contributed by atoms with Crippen molar-refractivity contribution in [2.75, 3.05) is 13.1 Å². The third kappa shape index (κ3) is 4.51. The summed E-state index contributed by atoms with van der Waals surface area (Å²) in [6.45, 7) is 9.86. The number of hydrogen-bond donors (Lipinski definition) is 0. The van der Waals surface area contributed by atoms with E-state index < -0.39 is 0 Å². The lowest BCUT2D eigenvalue weighted by molar-refractivity contribution is -0.135. The van der Waals surface area contributed by atoms with E-state index in [0.29, 0.717) is 5.92 Å². The number of hydrogen-bond acceptors (Lipinski definition) is 2. The number of aryl methyl sites for hydroxylation is 2. The molecular weight excluding hydrogens is 320 g/mol. The lowest BCUT2D eigenvalue weighted by Crippen LogP contribution is -2.41. The van der Waals surface area contributed by atoms with Gasteiger partial charge in [0, 0.05) is 36.3 Å². The maximum Gasteiger partial charge on any atom is 0.225 e. The molecule has 0 bridgehead atoms. The monoisotopic (exact) mass is 350 g/mol. The quantitative estimate of drug-likeness (QED) is 0.804. The second-order valence-corrected chi connectivity index (χ2v) is 7.99. The number of amides is 1. The summed E-state index contributed by atoms with van der Waals surface area (Å²) in [5.74, 6) is 0.682. The van der Waals surface area contributed by atoms with E-state index in [0.717, 1.165) is 43.7 Å². The third-order valence-corrected chi connectivity index (χ3v) is 5.17. The molecule has 0 radical (unpaired) electrons. The van der Waals surface area contributed by atoms with Gasteiger partial charge in [0.15, 0.2) is 0 Å². The van der Waals surface area contributed by atoms with Crippen LogP contribution in [0.5, 0.6) is 0 Å². The minimum Gasteiger partial charge on any atom is -0.342 e. The molecule has 1 aliphatic heterocycles. The Kier molecular flexibility index (Phi) is 5.75. The zero-order valence-electron chi connectivity index (χ0n) is 16.5. The average molecular weight is 351 g/mol. The van der Waals surface area contributed by atoms with E-state index in [-0.39, 0.29) is 11.8 Å². The van der Waals surface area contributed by atoms with Gasteiger partial charge in [-0.2, -0.15) is 0 Å². The van der Waals surface area contributed by atoms with Crippen LogP contribution in [-0.2, 0) is 11.2 Å². The molecule has 1 saturated heterocycles. The molecule has 1 amide bonds. The van der Waals surface area contributed by atoms with Gasteiger partial charge in [-0.05, 0) is 56.4 Å². The summed E-state index contributed by atoms with van der Waals surface area (Å²) < 4.78 is 0.